The summed E-state index contributed by atoms with van der Waals surface area (Å²) in [6.07, 6.45) is 2.35. The number of aliphatic hydroxyl groups excluding tert-OH is 2. The van der Waals surface area contributed by atoms with Crippen LogP contribution in [-0.4, -0.2) is 86.0 Å². The molecule has 1 amide bonds. The average molecular weight is 526 g/mol. The van der Waals surface area contributed by atoms with Gasteiger partial charge in [-0.3, -0.25) is 24.2 Å². The maximum Gasteiger partial charge on any atom is 0.255 e. The van der Waals surface area contributed by atoms with Crippen LogP contribution in [0.3, 0.4) is 0 Å². The number of aliphatic hydroxyl groups is 3. The summed E-state index contributed by atoms with van der Waals surface area (Å²) < 4.78 is 0. The van der Waals surface area contributed by atoms with Gasteiger partial charge in [-0.25, -0.2) is 0 Å². The Morgan fingerprint density at radius 1 is 1.18 bits per heavy atom. The summed E-state index contributed by atoms with van der Waals surface area (Å²) in [6, 6.07) is 2.98. The number of aromatic hydroxyl groups is 1. The third-order valence-electron chi connectivity index (χ3n) is 8.89. The monoisotopic (exact) mass is 525 g/mol. The van der Waals surface area contributed by atoms with Gasteiger partial charge in [-0.2, -0.15) is 0 Å². The van der Waals surface area contributed by atoms with Gasteiger partial charge in [-0.15, -0.1) is 0 Å². The van der Waals surface area contributed by atoms with E-state index in [2.05, 4.69) is 18.7 Å². The van der Waals surface area contributed by atoms with E-state index in [4.69, 9.17) is 5.73 Å². The molecule has 1 saturated heterocycles. The van der Waals surface area contributed by atoms with Crippen molar-refractivity contribution in [3.8, 4) is 5.75 Å². The van der Waals surface area contributed by atoms with E-state index in [1.54, 1.807) is 25.1 Å². The van der Waals surface area contributed by atoms with Crippen molar-refractivity contribution in [2.75, 3.05) is 20.6 Å². The maximum atomic E-state index is 13.7. The number of Topliss-reactive ketones (excluding diaryl/α,β-unsaturated/α-hetero) is 2. The van der Waals surface area contributed by atoms with Crippen molar-refractivity contribution in [1.82, 2.24) is 9.80 Å². The summed E-state index contributed by atoms with van der Waals surface area (Å²) in [6.45, 7) is 5.21. The van der Waals surface area contributed by atoms with Crippen LogP contribution in [0.15, 0.2) is 34.8 Å². The largest absolute Gasteiger partial charge is 0.510 e. The standard InChI is InChI=1S/C28H35N3O7/c1-12(2)31-7-5-6-17(31)13-8-14-9-15-10-16-22(30(3)4)24(34)21(27(29)37)26(36)28(16,38)25(35)20(15)23(33)19(14)18(32)11-13/h8,11-12,15-17,22,32,34-35,38H,5-7,9-10H2,1-4H3,(H2,29,37)/t15-,16-,17?,22-,28-/m0/s1. The normalized spacial score (nSPS) is 31.7. The number of phenolic OH excluding ortho intramolecular Hbond substituents is 1. The van der Waals surface area contributed by atoms with Crippen LogP contribution in [0.4, 0.5) is 0 Å². The molecule has 1 aliphatic heterocycles. The number of rotatable bonds is 4. The van der Waals surface area contributed by atoms with E-state index in [-0.39, 0.29) is 29.3 Å². The molecule has 1 fully saturated rings. The molecule has 5 atom stereocenters. The van der Waals surface area contributed by atoms with Crippen molar-refractivity contribution in [3.63, 3.8) is 0 Å². The average Bonchev–Trinajstić information content (AvgIpc) is 3.31. The van der Waals surface area contributed by atoms with Gasteiger partial charge in [0.05, 0.1) is 11.6 Å². The van der Waals surface area contributed by atoms with Crippen molar-refractivity contribution in [3.05, 3.63) is 51.5 Å². The van der Waals surface area contributed by atoms with Gasteiger partial charge in [0.25, 0.3) is 5.91 Å². The lowest BCUT2D eigenvalue weighted by Gasteiger charge is -2.50. The number of hydrogen-bond donors (Lipinski definition) is 5. The number of likely N-dealkylation sites (N-methyl/N-ethyl adjacent to an activating group) is 1. The van der Waals surface area contributed by atoms with Crippen LogP contribution in [0.5, 0.6) is 5.75 Å². The molecule has 3 aliphatic carbocycles. The number of fused-ring (bicyclic) bond motifs is 3. The molecule has 0 saturated carbocycles. The zero-order chi connectivity index (χ0) is 27.8. The lowest BCUT2D eigenvalue weighted by Crippen LogP contribution is -2.63. The summed E-state index contributed by atoms with van der Waals surface area (Å²) in [4.78, 5) is 43.1. The predicted octanol–water partition coefficient (Wildman–Crippen LogP) is 1.67. The first-order valence-corrected chi connectivity index (χ1v) is 13.1. The molecule has 1 unspecified atom stereocenters. The zero-order valence-electron chi connectivity index (χ0n) is 22.1. The van der Waals surface area contributed by atoms with E-state index in [1.807, 2.05) is 6.07 Å². The highest BCUT2D eigenvalue weighted by Gasteiger charge is 2.63. The number of primary amides is 1. The van der Waals surface area contributed by atoms with E-state index in [1.165, 1.54) is 0 Å². The first-order valence-electron chi connectivity index (χ1n) is 13.1. The number of nitrogens with zero attached hydrogens (tertiary/aromatic N) is 2. The molecule has 1 heterocycles. The smallest absolute Gasteiger partial charge is 0.255 e. The minimum Gasteiger partial charge on any atom is -0.510 e. The second-order valence-corrected chi connectivity index (χ2v) is 11.5. The molecule has 10 nitrogen and oxygen atoms in total. The molecular weight excluding hydrogens is 490 g/mol. The van der Waals surface area contributed by atoms with Crippen molar-refractivity contribution >= 4 is 17.5 Å². The molecule has 204 valence electrons. The maximum absolute atomic E-state index is 13.7. The molecule has 1 aromatic carbocycles. The molecule has 0 bridgehead atoms. The number of carbonyl (C=O) groups is 3. The van der Waals surface area contributed by atoms with Gasteiger partial charge in [-0.05, 0) is 83.3 Å². The van der Waals surface area contributed by atoms with Crippen molar-refractivity contribution in [2.24, 2.45) is 17.6 Å². The molecule has 4 aliphatic rings. The lowest BCUT2D eigenvalue weighted by molar-refractivity contribution is -0.148. The Morgan fingerprint density at radius 3 is 2.47 bits per heavy atom. The molecule has 0 radical (unpaired) electrons. The highest BCUT2D eigenvalue weighted by molar-refractivity contribution is 6.24. The van der Waals surface area contributed by atoms with Gasteiger partial charge in [0.15, 0.2) is 11.4 Å². The fraction of sp³-hybridized carbons (Fsp3) is 0.536. The molecule has 38 heavy (non-hydrogen) atoms. The van der Waals surface area contributed by atoms with Gasteiger partial charge in [0, 0.05) is 23.6 Å². The highest BCUT2D eigenvalue weighted by Crippen LogP contribution is 2.52. The molecule has 5 rings (SSSR count). The highest BCUT2D eigenvalue weighted by atomic mass is 16.3. The van der Waals surface area contributed by atoms with Crippen LogP contribution >= 0.6 is 0 Å². The Hall–Kier alpha value is -3.21. The van der Waals surface area contributed by atoms with Crippen LogP contribution in [0, 0.1) is 11.8 Å². The van der Waals surface area contributed by atoms with E-state index in [0.29, 0.717) is 18.0 Å². The van der Waals surface area contributed by atoms with Gasteiger partial charge in [0.2, 0.25) is 5.78 Å². The number of benzene rings is 1. The van der Waals surface area contributed by atoms with Gasteiger partial charge in [0.1, 0.15) is 22.8 Å². The second-order valence-electron chi connectivity index (χ2n) is 11.5. The fourth-order valence-electron chi connectivity index (χ4n) is 7.26. The second kappa shape index (κ2) is 8.93. The van der Waals surface area contributed by atoms with E-state index in [0.717, 1.165) is 24.9 Å². The van der Waals surface area contributed by atoms with Crippen LogP contribution in [-0.2, 0) is 16.0 Å². The number of nitrogens with two attached hydrogens (primary N) is 1. The van der Waals surface area contributed by atoms with Crippen LogP contribution in [0.1, 0.15) is 60.6 Å². The molecular formula is C28H35N3O7. The Kier molecular flexibility index (Phi) is 6.20. The molecule has 10 heteroatoms. The number of likely N-dealkylation sites (tertiary alicyclic amines) is 1. The minimum atomic E-state index is -2.62. The van der Waals surface area contributed by atoms with Gasteiger partial charge in [-0.1, -0.05) is 6.07 Å². The minimum absolute atomic E-state index is 0.0450. The molecule has 0 spiro atoms. The number of hydrogen-bond acceptors (Lipinski definition) is 9. The number of carbonyl (C=O) groups excluding carboxylic acids is 3. The number of phenols is 1. The number of allylic oxidation sites excluding steroid dienone is 1. The van der Waals surface area contributed by atoms with Crippen LogP contribution < -0.4 is 5.73 Å². The Morgan fingerprint density at radius 2 is 1.87 bits per heavy atom. The Balaban J connectivity index is 1.63. The Labute approximate surface area is 221 Å². The topological polar surface area (TPSA) is 165 Å². The van der Waals surface area contributed by atoms with Crippen molar-refractivity contribution < 1.29 is 34.8 Å². The summed E-state index contributed by atoms with van der Waals surface area (Å²) in [5, 5.41) is 44.9. The quantitative estimate of drug-likeness (QED) is 0.368. The lowest BCUT2D eigenvalue weighted by atomic mass is 9.58. The summed E-state index contributed by atoms with van der Waals surface area (Å²) in [7, 11) is 3.22. The first-order chi connectivity index (χ1) is 17.8. The first kappa shape index (κ1) is 26.4. The number of amides is 1. The van der Waals surface area contributed by atoms with E-state index < -0.39 is 58.0 Å². The number of ketones is 2. The van der Waals surface area contributed by atoms with Crippen molar-refractivity contribution in [2.45, 2.75) is 63.3 Å². The van der Waals surface area contributed by atoms with Gasteiger partial charge >= 0.3 is 0 Å². The SMILES string of the molecule is CC(C)N1CCCC1c1cc(O)c2c(c1)C[C@H]1C[C@H]3[C@H](N(C)C)C(O)=C(C(N)=O)C(=O)[C@@]3(O)C(O)=C1C2=O. The Bertz CT molecular complexity index is 1310. The fourth-order valence-corrected chi connectivity index (χ4v) is 7.26. The molecule has 0 aromatic heterocycles. The van der Waals surface area contributed by atoms with E-state index in [9.17, 15) is 34.8 Å². The summed E-state index contributed by atoms with van der Waals surface area (Å²) in [5.74, 6) is -6.36. The molecule has 1 aromatic rings. The zero-order valence-corrected chi connectivity index (χ0v) is 22.1. The van der Waals surface area contributed by atoms with Gasteiger partial charge < -0.3 is 26.2 Å². The predicted molar refractivity (Wildman–Crippen MR) is 137 cm³/mol. The summed E-state index contributed by atoms with van der Waals surface area (Å²) >= 11 is 0. The van der Waals surface area contributed by atoms with Crippen molar-refractivity contribution in [1.29, 1.82) is 0 Å². The third-order valence-corrected chi connectivity index (χ3v) is 8.89. The molecule has 6 N–H and O–H groups in total. The van der Waals surface area contributed by atoms with E-state index >= 15 is 0 Å². The van der Waals surface area contributed by atoms with Crippen LogP contribution in [0.2, 0.25) is 0 Å². The van der Waals surface area contributed by atoms with Crippen LogP contribution in [0.25, 0.3) is 0 Å². The summed E-state index contributed by atoms with van der Waals surface area (Å²) in [5.41, 5.74) is 3.41. The third kappa shape index (κ3) is 3.54.